The fourth-order valence-corrected chi connectivity index (χ4v) is 2.06. The second-order valence-corrected chi connectivity index (χ2v) is 5.47. The van der Waals surface area contributed by atoms with E-state index < -0.39 is 0 Å². The van der Waals surface area contributed by atoms with Gasteiger partial charge in [0.2, 0.25) is 0 Å². The van der Waals surface area contributed by atoms with Crippen LogP contribution in [-0.4, -0.2) is 25.8 Å². The van der Waals surface area contributed by atoms with Gasteiger partial charge in [0, 0.05) is 30.8 Å². The van der Waals surface area contributed by atoms with Crippen LogP contribution < -0.4 is 10.6 Å². The molecule has 0 aliphatic rings. The van der Waals surface area contributed by atoms with Gasteiger partial charge in [-0.2, -0.15) is 0 Å². The normalized spacial score (nSPS) is 10.3. The van der Waals surface area contributed by atoms with Crippen molar-refractivity contribution in [3.8, 4) is 0 Å². The molecule has 4 nitrogen and oxygen atoms in total. The van der Waals surface area contributed by atoms with E-state index >= 15 is 0 Å². The summed E-state index contributed by atoms with van der Waals surface area (Å²) in [5, 5.41) is 5.64. The molecule has 5 heteroatoms. The maximum atomic E-state index is 11.6. The number of unbranched alkanes of at least 4 members (excludes halogenated alkanes) is 1. The van der Waals surface area contributed by atoms with E-state index in [0.717, 1.165) is 35.9 Å². The number of rotatable bonds is 9. The molecule has 20 heavy (non-hydrogen) atoms. The van der Waals surface area contributed by atoms with Crippen molar-refractivity contribution in [2.45, 2.75) is 32.7 Å². The van der Waals surface area contributed by atoms with Crippen molar-refractivity contribution >= 4 is 22.0 Å². The minimum absolute atomic E-state index is 0.140. The lowest BCUT2D eigenvalue weighted by Gasteiger charge is -2.08. The Bertz CT molecular complexity index is 399. The third-order valence-electron chi connectivity index (χ3n) is 2.74. The lowest BCUT2D eigenvalue weighted by molar-refractivity contribution is 0.129. The first-order valence-corrected chi connectivity index (χ1v) is 7.85. The first-order chi connectivity index (χ1) is 9.72. The molecular weight excluding hydrogens is 320 g/mol. The summed E-state index contributed by atoms with van der Waals surface area (Å²) in [6.45, 7) is 4.81. The molecule has 0 atom stereocenters. The molecule has 0 unspecified atom stereocenters. The minimum atomic E-state index is -0.140. The van der Waals surface area contributed by atoms with E-state index in [9.17, 15) is 4.79 Å². The van der Waals surface area contributed by atoms with E-state index in [1.807, 2.05) is 24.3 Å². The van der Waals surface area contributed by atoms with Crippen LogP contribution in [0.2, 0.25) is 0 Å². The zero-order chi connectivity index (χ0) is 14.6. The Hall–Kier alpha value is -1.07. The van der Waals surface area contributed by atoms with Gasteiger partial charge in [-0.1, -0.05) is 41.4 Å². The van der Waals surface area contributed by atoms with Crippen LogP contribution in [0.4, 0.5) is 4.79 Å². The van der Waals surface area contributed by atoms with Gasteiger partial charge < -0.3 is 15.4 Å². The minimum Gasteiger partial charge on any atom is -0.381 e. The van der Waals surface area contributed by atoms with Crippen LogP contribution >= 0.6 is 15.9 Å². The molecule has 1 rings (SSSR count). The van der Waals surface area contributed by atoms with Crippen LogP contribution in [-0.2, 0) is 11.3 Å². The lowest BCUT2D eigenvalue weighted by atomic mass is 10.2. The summed E-state index contributed by atoms with van der Waals surface area (Å²) in [7, 11) is 0. The number of ether oxygens (including phenoxy) is 1. The standard InChI is InChI=1S/C15H23BrN2O2/c1-2-3-9-20-10-5-8-17-15(19)18-12-13-6-4-7-14(16)11-13/h4,6-7,11H,2-3,5,8-10,12H2,1H3,(H2,17,18,19). The Morgan fingerprint density at radius 3 is 2.80 bits per heavy atom. The number of halogens is 1. The third-order valence-corrected chi connectivity index (χ3v) is 3.23. The van der Waals surface area contributed by atoms with E-state index in [2.05, 4.69) is 33.5 Å². The summed E-state index contributed by atoms with van der Waals surface area (Å²) in [4.78, 5) is 11.6. The number of hydrogen-bond donors (Lipinski definition) is 2. The fraction of sp³-hybridized carbons (Fsp3) is 0.533. The summed E-state index contributed by atoms with van der Waals surface area (Å²) in [5.41, 5.74) is 1.07. The van der Waals surface area contributed by atoms with Crippen molar-refractivity contribution in [3.05, 3.63) is 34.3 Å². The average molecular weight is 343 g/mol. The van der Waals surface area contributed by atoms with Crippen molar-refractivity contribution in [1.29, 1.82) is 0 Å². The number of amides is 2. The number of hydrogen-bond acceptors (Lipinski definition) is 2. The number of urea groups is 1. The third kappa shape index (κ3) is 8.17. The van der Waals surface area contributed by atoms with E-state index in [-0.39, 0.29) is 6.03 Å². The first kappa shape index (κ1) is 17.0. The number of benzene rings is 1. The molecule has 0 heterocycles. The zero-order valence-corrected chi connectivity index (χ0v) is 13.5. The van der Waals surface area contributed by atoms with Crippen LogP contribution in [0.25, 0.3) is 0 Å². The van der Waals surface area contributed by atoms with Crippen molar-refractivity contribution in [3.63, 3.8) is 0 Å². The van der Waals surface area contributed by atoms with Crippen molar-refractivity contribution in [2.24, 2.45) is 0 Å². The van der Waals surface area contributed by atoms with E-state index in [0.29, 0.717) is 19.7 Å². The molecule has 0 aliphatic heterocycles. The van der Waals surface area contributed by atoms with Gasteiger partial charge in [0.05, 0.1) is 0 Å². The molecule has 2 N–H and O–H groups in total. The molecule has 0 fully saturated rings. The smallest absolute Gasteiger partial charge is 0.315 e. The molecule has 0 spiro atoms. The van der Waals surface area contributed by atoms with Gasteiger partial charge in [-0.15, -0.1) is 0 Å². The predicted octanol–water partition coefficient (Wildman–Crippen LogP) is 3.46. The topological polar surface area (TPSA) is 50.4 Å². The van der Waals surface area contributed by atoms with Crippen LogP contribution in [0.1, 0.15) is 31.7 Å². The Kier molecular flexibility index (Phi) is 9.07. The number of nitrogens with one attached hydrogen (secondary N) is 2. The average Bonchev–Trinajstić information content (AvgIpc) is 2.44. The van der Waals surface area contributed by atoms with Crippen molar-refractivity contribution < 1.29 is 9.53 Å². The van der Waals surface area contributed by atoms with E-state index in [1.165, 1.54) is 0 Å². The second-order valence-electron chi connectivity index (χ2n) is 4.56. The molecule has 0 saturated carbocycles. The molecule has 1 aromatic rings. The van der Waals surface area contributed by atoms with Gasteiger partial charge in [0.15, 0.2) is 0 Å². The predicted molar refractivity (Wildman–Crippen MR) is 84.7 cm³/mol. The summed E-state index contributed by atoms with van der Waals surface area (Å²) in [6, 6.07) is 7.74. The van der Waals surface area contributed by atoms with Gasteiger partial charge >= 0.3 is 6.03 Å². The van der Waals surface area contributed by atoms with Crippen LogP contribution in [0.3, 0.4) is 0 Å². The molecule has 0 radical (unpaired) electrons. The molecule has 2 amide bonds. The summed E-state index contributed by atoms with van der Waals surface area (Å²) in [6.07, 6.45) is 3.09. The van der Waals surface area contributed by atoms with Gasteiger partial charge in [0.25, 0.3) is 0 Å². The van der Waals surface area contributed by atoms with Crippen LogP contribution in [0, 0.1) is 0 Å². The summed E-state index contributed by atoms with van der Waals surface area (Å²) < 4.78 is 6.44. The van der Waals surface area contributed by atoms with Crippen LogP contribution in [0.5, 0.6) is 0 Å². The monoisotopic (exact) mass is 342 g/mol. The highest BCUT2D eigenvalue weighted by atomic mass is 79.9. The summed E-state index contributed by atoms with van der Waals surface area (Å²) >= 11 is 3.40. The number of carbonyl (C=O) groups is 1. The molecule has 0 bridgehead atoms. The number of carbonyl (C=O) groups excluding carboxylic acids is 1. The Balaban J connectivity index is 2.03. The molecule has 1 aromatic carbocycles. The molecule has 0 saturated heterocycles. The van der Waals surface area contributed by atoms with Gasteiger partial charge in [-0.25, -0.2) is 4.79 Å². The Morgan fingerprint density at radius 2 is 2.05 bits per heavy atom. The summed E-state index contributed by atoms with van der Waals surface area (Å²) in [5.74, 6) is 0. The SMILES string of the molecule is CCCCOCCCNC(=O)NCc1cccc(Br)c1. The van der Waals surface area contributed by atoms with Gasteiger partial charge in [-0.05, 0) is 30.5 Å². The highest BCUT2D eigenvalue weighted by molar-refractivity contribution is 9.10. The Labute approximate surface area is 129 Å². The fourth-order valence-electron chi connectivity index (χ4n) is 1.62. The van der Waals surface area contributed by atoms with Crippen molar-refractivity contribution in [2.75, 3.05) is 19.8 Å². The van der Waals surface area contributed by atoms with Crippen molar-refractivity contribution in [1.82, 2.24) is 10.6 Å². The highest BCUT2D eigenvalue weighted by Crippen LogP contribution is 2.11. The van der Waals surface area contributed by atoms with Gasteiger partial charge in [0.1, 0.15) is 0 Å². The van der Waals surface area contributed by atoms with E-state index in [1.54, 1.807) is 0 Å². The van der Waals surface area contributed by atoms with Gasteiger partial charge in [-0.3, -0.25) is 0 Å². The largest absolute Gasteiger partial charge is 0.381 e. The molecule has 0 aliphatic carbocycles. The lowest BCUT2D eigenvalue weighted by Crippen LogP contribution is -2.35. The maximum absolute atomic E-state index is 11.6. The maximum Gasteiger partial charge on any atom is 0.315 e. The quantitative estimate of drug-likeness (QED) is 0.675. The Morgan fingerprint density at radius 1 is 1.25 bits per heavy atom. The first-order valence-electron chi connectivity index (χ1n) is 7.06. The van der Waals surface area contributed by atoms with E-state index in [4.69, 9.17) is 4.74 Å². The zero-order valence-electron chi connectivity index (χ0n) is 12.0. The highest BCUT2D eigenvalue weighted by Gasteiger charge is 2.00. The molecule has 0 aromatic heterocycles. The molecular formula is C15H23BrN2O2. The second kappa shape index (κ2) is 10.7. The molecule has 112 valence electrons. The van der Waals surface area contributed by atoms with Crippen LogP contribution in [0.15, 0.2) is 28.7 Å².